The van der Waals surface area contributed by atoms with Gasteiger partial charge in [-0.1, -0.05) is 243 Å². The van der Waals surface area contributed by atoms with Crippen molar-refractivity contribution in [3.05, 3.63) is 243 Å². The fourth-order valence-corrected chi connectivity index (χ4v) is 16.9. The summed E-state index contributed by atoms with van der Waals surface area (Å²) in [5, 5.41) is 8.81. The highest BCUT2D eigenvalue weighted by molar-refractivity contribution is 7.70. The van der Waals surface area contributed by atoms with Gasteiger partial charge in [-0.3, -0.25) is 0 Å². The second kappa shape index (κ2) is 19.6. The fraction of sp³-hybridized carbons (Fsp3) is 0.127. The number of hydrogen-bond acceptors (Lipinski definition) is 4. The molecule has 0 aliphatic heterocycles. The van der Waals surface area contributed by atoms with Crippen LogP contribution in [0.5, 0.6) is 0 Å². The van der Waals surface area contributed by atoms with Crippen molar-refractivity contribution < 1.29 is 18.1 Å². The van der Waals surface area contributed by atoms with Crippen molar-refractivity contribution in [2.75, 3.05) is 0 Å². The molecule has 8 heteroatoms. The summed E-state index contributed by atoms with van der Waals surface area (Å²) in [7, 11) is -5.91. The molecule has 0 N–H and O–H groups in total. The summed E-state index contributed by atoms with van der Waals surface area (Å²) < 4.78 is 33.1. The van der Waals surface area contributed by atoms with Gasteiger partial charge in [0.15, 0.2) is 0 Å². The van der Waals surface area contributed by atoms with E-state index in [1.807, 2.05) is 0 Å². The molecular formula is C55H48O4P4. The number of fused-ring (bicyclic) bond motifs is 2. The van der Waals surface area contributed by atoms with Crippen LogP contribution in [0.25, 0.3) is 0 Å². The second-order valence-electron chi connectivity index (χ2n) is 15.8. The highest BCUT2D eigenvalue weighted by Gasteiger charge is 2.75. The molecule has 0 amide bonds. The molecule has 4 nitrogen and oxygen atoms in total. The summed E-state index contributed by atoms with van der Waals surface area (Å²) in [6.07, 6.45) is 2.67. The van der Waals surface area contributed by atoms with Gasteiger partial charge in [-0.15, -0.1) is 0 Å². The van der Waals surface area contributed by atoms with Crippen molar-refractivity contribution in [1.82, 2.24) is 0 Å². The zero-order chi connectivity index (χ0) is 42.3. The molecule has 0 spiro atoms. The lowest BCUT2D eigenvalue weighted by Crippen LogP contribution is -2.63. The molecule has 8 aromatic carbocycles. The van der Waals surface area contributed by atoms with E-state index in [4.69, 9.17) is 18.1 Å². The monoisotopic (exact) mass is 896 g/mol. The first-order chi connectivity index (χ1) is 31.2. The van der Waals surface area contributed by atoms with Crippen LogP contribution in [0.1, 0.15) is 19.3 Å². The van der Waals surface area contributed by atoms with Gasteiger partial charge in [0.1, 0.15) is 0 Å². The van der Waals surface area contributed by atoms with Crippen LogP contribution in [0.2, 0.25) is 0 Å². The van der Waals surface area contributed by atoms with Crippen LogP contribution >= 0.6 is 32.6 Å². The number of hydrogen-bond donors (Lipinski definition) is 0. The predicted molar refractivity (Wildman–Crippen MR) is 267 cm³/mol. The van der Waals surface area contributed by atoms with E-state index in [2.05, 4.69) is 243 Å². The molecule has 0 aromatic heterocycles. The van der Waals surface area contributed by atoms with Gasteiger partial charge < -0.3 is 18.1 Å². The minimum atomic E-state index is -1.48. The second-order valence-corrected chi connectivity index (χ2v) is 23.0. The summed E-state index contributed by atoms with van der Waals surface area (Å²) >= 11 is 0. The van der Waals surface area contributed by atoms with Crippen LogP contribution in [-0.4, -0.2) is 11.6 Å². The molecule has 2 bridgehead atoms. The third kappa shape index (κ3) is 8.78. The Morgan fingerprint density at radius 1 is 0.254 bits per heavy atom. The van der Waals surface area contributed by atoms with Gasteiger partial charge in [-0.2, -0.15) is 0 Å². The van der Waals surface area contributed by atoms with E-state index in [0.29, 0.717) is 0 Å². The Bertz CT molecular complexity index is 2120. The topological polar surface area (TPSA) is 36.9 Å². The van der Waals surface area contributed by atoms with Crippen molar-refractivity contribution in [3.63, 3.8) is 0 Å². The van der Waals surface area contributed by atoms with E-state index in [-0.39, 0.29) is 11.8 Å². The standard InChI is InChI=1S/C55H48O4P4/c1-9-25-46(26-10-1)60(47-27-11-2-12-28-47)56-54(57-61(48-29-13-3-14-30-48)49-31-15-4-16-32-49)44-41-42-45(43-44)55(54,58-62(50-33-17-5-18-34-50)51-35-19-6-20-36-51)59-63(52-37-21-7-22-38-52)53-39-23-8-24-40-53/h1-40,44-45H,41-43H2. The molecule has 0 heterocycles. The van der Waals surface area contributed by atoms with E-state index in [1.165, 1.54) is 0 Å². The highest BCUT2D eigenvalue weighted by atomic mass is 31.1. The number of benzene rings is 8. The molecule has 10 rings (SSSR count). The summed E-state index contributed by atoms with van der Waals surface area (Å²) in [4.78, 5) is 0. The van der Waals surface area contributed by atoms with Crippen molar-refractivity contribution >= 4 is 75.0 Å². The van der Waals surface area contributed by atoms with E-state index in [1.54, 1.807) is 0 Å². The van der Waals surface area contributed by atoms with E-state index >= 15 is 0 Å². The lowest BCUT2D eigenvalue weighted by molar-refractivity contribution is -0.317. The molecule has 2 aliphatic carbocycles. The maximum absolute atomic E-state index is 8.27. The average molecular weight is 897 g/mol. The zero-order valence-electron chi connectivity index (χ0n) is 34.8. The molecule has 2 aliphatic rings. The Morgan fingerprint density at radius 2 is 0.413 bits per heavy atom. The SMILES string of the molecule is c1ccc(P(OC2(OP(c3ccccc3)c3ccccc3)C3CCC(C3)C2(OP(c2ccccc2)c2ccccc2)OP(c2ccccc2)c2ccccc2)c2ccccc2)cc1. The highest BCUT2D eigenvalue weighted by Crippen LogP contribution is 2.71. The molecule has 63 heavy (non-hydrogen) atoms. The maximum Gasteiger partial charge on any atom is 0.234 e. The zero-order valence-corrected chi connectivity index (χ0v) is 38.4. The quantitative estimate of drug-likeness (QED) is 0.0715. The Kier molecular flexibility index (Phi) is 13.2. The van der Waals surface area contributed by atoms with Crippen LogP contribution in [0, 0.1) is 11.8 Å². The minimum absolute atomic E-state index is 0.0517. The first-order valence-electron chi connectivity index (χ1n) is 21.6. The Balaban J connectivity index is 1.27. The summed E-state index contributed by atoms with van der Waals surface area (Å²) in [5.41, 5.74) is 0. The summed E-state index contributed by atoms with van der Waals surface area (Å²) in [6, 6.07) is 85.5. The van der Waals surface area contributed by atoms with Gasteiger partial charge in [0, 0.05) is 54.3 Å². The molecular weight excluding hydrogens is 848 g/mol. The molecule has 2 unspecified atom stereocenters. The summed E-state index contributed by atoms with van der Waals surface area (Å²) in [6.45, 7) is 0. The van der Waals surface area contributed by atoms with Crippen molar-refractivity contribution in [2.45, 2.75) is 30.8 Å². The molecule has 2 fully saturated rings. The largest absolute Gasteiger partial charge is 0.312 e. The van der Waals surface area contributed by atoms with E-state index < -0.39 is 44.2 Å². The molecule has 312 valence electrons. The lowest BCUT2D eigenvalue weighted by Gasteiger charge is -2.54. The maximum atomic E-state index is 8.27. The van der Waals surface area contributed by atoms with Crippen LogP contribution in [0.15, 0.2) is 243 Å². The molecule has 2 saturated carbocycles. The van der Waals surface area contributed by atoms with Crippen LogP contribution in [0.3, 0.4) is 0 Å². The Labute approximate surface area is 376 Å². The van der Waals surface area contributed by atoms with Crippen LogP contribution < -0.4 is 42.4 Å². The fourth-order valence-electron chi connectivity index (χ4n) is 8.89. The third-order valence-corrected chi connectivity index (χ3v) is 19.8. The van der Waals surface area contributed by atoms with Gasteiger partial charge in [0.2, 0.25) is 11.6 Å². The lowest BCUT2D eigenvalue weighted by atomic mass is 9.88. The predicted octanol–water partition coefficient (Wildman–Crippen LogP) is 11.1. The van der Waals surface area contributed by atoms with E-state index in [0.717, 1.165) is 61.7 Å². The molecule has 0 radical (unpaired) electrons. The van der Waals surface area contributed by atoms with Crippen molar-refractivity contribution in [2.24, 2.45) is 11.8 Å². The summed E-state index contributed by atoms with van der Waals surface area (Å²) in [5.74, 6) is -2.88. The van der Waals surface area contributed by atoms with Crippen molar-refractivity contribution in [1.29, 1.82) is 0 Å². The minimum Gasteiger partial charge on any atom is -0.312 e. The Morgan fingerprint density at radius 3 is 0.571 bits per heavy atom. The molecule has 2 atom stereocenters. The smallest absolute Gasteiger partial charge is 0.234 e. The number of rotatable bonds is 16. The normalized spacial score (nSPS) is 17.5. The van der Waals surface area contributed by atoms with Crippen molar-refractivity contribution in [3.8, 4) is 0 Å². The first kappa shape index (κ1) is 42.3. The van der Waals surface area contributed by atoms with Gasteiger partial charge >= 0.3 is 0 Å². The van der Waals surface area contributed by atoms with Gasteiger partial charge in [-0.05, 0) is 19.3 Å². The Hall–Kier alpha value is -4.68. The molecule has 8 aromatic rings. The van der Waals surface area contributed by atoms with Crippen LogP contribution in [-0.2, 0) is 18.1 Å². The van der Waals surface area contributed by atoms with Gasteiger partial charge in [0.05, 0.1) is 32.6 Å². The average Bonchev–Trinajstić information content (AvgIpc) is 3.96. The first-order valence-corrected chi connectivity index (χ1v) is 26.6. The molecule has 0 saturated heterocycles. The van der Waals surface area contributed by atoms with Gasteiger partial charge in [0.25, 0.3) is 0 Å². The third-order valence-electron chi connectivity index (χ3n) is 11.8. The van der Waals surface area contributed by atoms with Crippen LogP contribution in [0.4, 0.5) is 0 Å². The van der Waals surface area contributed by atoms with Gasteiger partial charge in [-0.25, -0.2) is 0 Å². The van der Waals surface area contributed by atoms with E-state index in [9.17, 15) is 0 Å².